The molecule has 1 unspecified atom stereocenters. The highest BCUT2D eigenvalue weighted by Crippen LogP contribution is 2.20. The Balaban J connectivity index is 1.79. The van der Waals surface area contributed by atoms with Crippen molar-refractivity contribution >= 4 is 0 Å². The average molecular weight is 279 g/mol. The summed E-state index contributed by atoms with van der Waals surface area (Å²) in [5.41, 5.74) is 7.23. The van der Waals surface area contributed by atoms with Crippen LogP contribution in [-0.2, 0) is 0 Å². The first-order valence-electron chi connectivity index (χ1n) is 7.42. The molecule has 1 saturated heterocycles. The van der Waals surface area contributed by atoms with Crippen LogP contribution in [0.3, 0.4) is 0 Å². The van der Waals surface area contributed by atoms with Crippen LogP contribution < -0.4 is 5.73 Å². The molecule has 1 aliphatic heterocycles. The summed E-state index contributed by atoms with van der Waals surface area (Å²) in [4.78, 5) is 4.70. The first-order valence-corrected chi connectivity index (χ1v) is 7.42. The summed E-state index contributed by atoms with van der Waals surface area (Å²) in [6, 6.07) is 6.52. The van der Waals surface area contributed by atoms with E-state index in [9.17, 15) is 4.39 Å². The summed E-state index contributed by atoms with van der Waals surface area (Å²) in [5, 5.41) is 0. The SMILES string of the molecule is CN(C)CC1CCN(CC(N)c2ccc(F)cc2)CC1. The number of halogens is 1. The fourth-order valence-corrected chi connectivity index (χ4v) is 2.96. The summed E-state index contributed by atoms with van der Waals surface area (Å²) < 4.78 is 12.9. The Morgan fingerprint density at radius 2 is 1.85 bits per heavy atom. The van der Waals surface area contributed by atoms with E-state index in [0.29, 0.717) is 0 Å². The van der Waals surface area contributed by atoms with Crippen LogP contribution >= 0.6 is 0 Å². The lowest BCUT2D eigenvalue weighted by Gasteiger charge is -2.34. The molecule has 0 spiro atoms. The van der Waals surface area contributed by atoms with Crippen LogP contribution in [0.15, 0.2) is 24.3 Å². The van der Waals surface area contributed by atoms with E-state index in [-0.39, 0.29) is 11.9 Å². The van der Waals surface area contributed by atoms with Gasteiger partial charge in [-0.05, 0) is 63.6 Å². The Bertz CT molecular complexity index is 397. The number of likely N-dealkylation sites (tertiary alicyclic amines) is 1. The van der Waals surface area contributed by atoms with Crippen LogP contribution in [0.2, 0.25) is 0 Å². The maximum Gasteiger partial charge on any atom is 0.123 e. The zero-order valence-electron chi connectivity index (χ0n) is 12.6. The molecule has 20 heavy (non-hydrogen) atoms. The molecule has 0 aliphatic carbocycles. The predicted molar refractivity (Wildman–Crippen MR) is 81.0 cm³/mol. The van der Waals surface area contributed by atoms with Gasteiger partial charge in [0.25, 0.3) is 0 Å². The van der Waals surface area contributed by atoms with Crippen LogP contribution in [0.1, 0.15) is 24.4 Å². The minimum Gasteiger partial charge on any atom is -0.323 e. The first kappa shape index (κ1) is 15.4. The van der Waals surface area contributed by atoms with Crippen LogP contribution in [0.25, 0.3) is 0 Å². The molecular formula is C16H26FN3. The van der Waals surface area contributed by atoms with E-state index in [0.717, 1.165) is 31.1 Å². The van der Waals surface area contributed by atoms with Crippen molar-refractivity contribution in [3.63, 3.8) is 0 Å². The van der Waals surface area contributed by atoms with Gasteiger partial charge in [-0.1, -0.05) is 12.1 Å². The van der Waals surface area contributed by atoms with Crippen molar-refractivity contribution in [2.45, 2.75) is 18.9 Å². The third kappa shape index (κ3) is 4.54. The zero-order valence-corrected chi connectivity index (χ0v) is 12.6. The lowest BCUT2D eigenvalue weighted by atomic mass is 9.95. The highest BCUT2D eigenvalue weighted by Gasteiger charge is 2.21. The molecule has 0 saturated carbocycles. The Morgan fingerprint density at radius 1 is 1.25 bits per heavy atom. The molecule has 1 heterocycles. The van der Waals surface area contributed by atoms with Crippen molar-refractivity contribution in [1.29, 1.82) is 0 Å². The summed E-state index contributed by atoms with van der Waals surface area (Å²) in [6.45, 7) is 4.28. The molecule has 1 aromatic rings. The molecule has 1 aliphatic rings. The van der Waals surface area contributed by atoms with Gasteiger partial charge < -0.3 is 15.5 Å². The Labute approximate surface area is 121 Å². The van der Waals surface area contributed by atoms with E-state index >= 15 is 0 Å². The van der Waals surface area contributed by atoms with Crippen molar-refractivity contribution in [2.75, 3.05) is 40.3 Å². The van der Waals surface area contributed by atoms with E-state index in [2.05, 4.69) is 23.9 Å². The van der Waals surface area contributed by atoms with Gasteiger partial charge in [-0.3, -0.25) is 0 Å². The molecule has 0 amide bonds. The number of hydrogen-bond acceptors (Lipinski definition) is 3. The normalized spacial score (nSPS) is 19.4. The van der Waals surface area contributed by atoms with Crippen LogP contribution in [0, 0.1) is 11.7 Å². The highest BCUT2D eigenvalue weighted by atomic mass is 19.1. The molecule has 0 aromatic heterocycles. The number of piperidine rings is 1. The standard InChI is InChI=1S/C16H26FN3/c1-19(2)11-13-7-9-20(10-8-13)12-16(18)14-3-5-15(17)6-4-14/h3-6,13,16H,7-12,18H2,1-2H3. The molecular weight excluding hydrogens is 253 g/mol. The molecule has 4 heteroatoms. The maximum atomic E-state index is 12.9. The lowest BCUT2D eigenvalue weighted by Crippen LogP contribution is -2.40. The minimum absolute atomic E-state index is 0.0269. The topological polar surface area (TPSA) is 32.5 Å². The molecule has 112 valence electrons. The van der Waals surface area contributed by atoms with Crippen molar-refractivity contribution in [3.05, 3.63) is 35.6 Å². The fraction of sp³-hybridized carbons (Fsp3) is 0.625. The second-order valence-corrected chi connectivity index (χ2v) is 6.16. The van der Waals surface area contributed by atoms with E-state index in [4.69, 9.17) is 5.73 Å². The number of hydrogen-bond donors (Lipinski definition) is 1. The van der Waals surface area contributed by atoms with Gasteiger partial charge in [-0.2, -0.15) is 0 Å². The van der Waals surface area contributed by atoms with Crippen LogP contribution in [0.4, 0.5) is 4.39 Å². The third-order valence-electron chi connectivity index (χ3n) is 4.08. The molecule has 0 radical (unpaired) electrons. The van der Waals surface area contributed by atoms with Crippen molar-refractivity contribution < 1.29 is 4.39 Å². The first-order chi connectivity index (χ1) is 9.54. The van der Waals surface area contributed by atoms with Gasteiger partial charge in [-0.25, -0.2) is 4.39 Å². The lowest BCUT2D eigenvalue weighted by molar-refractivity contribution is 0.156. The van der Waals surface area contributed by atoms with E-state index < -0.39 is 0 Å². The smallest absolute Gasteiger partial charge is 0.123 e. The van der Waals surface area contributed by atoms with Gasteiger partial charge in [0.2, 0.25) is 0 Å². The summed E-state index contributed by atoms with van der Waals surface area (Å²) in [6.07, 6.45) is 2.49. The Hall–Kier alpha value is -0.970. The van der Waals surface area contributed by atoms with Crippen molar-refractivity contribution in [2.24, 2.45) is 11.7 Å². The second-order valence-electron chi connectivity index (χ2n) is 6.16. The summed E-state index contributed by atoms with van der Waals surface area (Å²) >= 11 is 0. The fourth-order valence-electron chi connectivity index (χ4n) is 2.96. The van der Waals surface area contributed by atoms with E-state index in [1.807, 2.05) is 0 Å². The Kier molecular flexibility index (Phi) is 5.52. The monoisotopic (exact) mass is 279 g/mol. The largest absolute Gasteiger partial charge is 0.323 e. The number of nitrogens with two attached hydrogens (primary N) is 1. The van der Waals surface area contributed by atoms with Gasteiger partial charge in [0.1, 0.15) is 5.82 Å². The molecule has 0 bridgehead atoms. The van der Waals surface area contributed by atoms with Crippen molar-refractivity contribution in [1.82, 2.24) is 9.80 Å². The van der Waals surface area contributed by atoms with E-state index in [1.165, 1.54) is 31.5 Å². The number of rotatable bonds is 5. The highest BCUT2D eigenvalue weighted by molar-refractivity contribution is 5.19. The van der Waals surface area contributed by atoms with Gasteiger partial charge in [-0.15, -0.1) is 0 Å². The molecule has 1 fully saturated rings. The van der Waals surface area contributed by atoms with Crippen LogP contribution in [-0.4, -0.2) is 50.1 Å². The molecule has 1 atom stereocenters. The predicted octanol–water partition coefficient (Wildman–Crippen LogP) is 2.10. The quantitative estimate of drug-likeness (QED) is 0.896. The van der Waals surface area contributed by atoms with Gasteiger partial charge in [0.05, 0.1) is 0 Å². The summed E-state index contributed by atoms with van der Waals surface area (Å²) in [7, 11) is 4.27. The molecule has 2 rings (SSSR count). The molecule has 3 nitrogen and oxygen atoms in total. The molecule has 1 aromatic carbocycles. The van der Waals surface area contributed by atoms with E-state index in [1.54, 1.807) is 12.1 Å². The average Bonchev–Trinajstić information content (AvgIpc) is 2.41. The third-order valence-corrected chi connectivity index (χ3v) is 4.08. The number of nitrogens with zero attached hydrogens (tertiary/aromatic N) is 2. The minimum atomic E-state index is -0.203. The zero-order chi connectivity index (χ0) is 14.5. The van der Waals surface area contributed by atoms with Gasteiger partial charge in [0.15, 0.2) is 0 Å². The summed E-state index contributed by atoms with van der Waals surface area (Å²) in [5.74, 6) is 0.605. The van der Waals surface area contributed by atoms with Crippen molar-refractivity contribution in [3.8, 4) is 0 Å². The van der Waals surface area contributed by atoms with Crippen LogP contribution in [0.5, 0.6) is 0 Å². The Morgan fingerprint density at radius 3 is 2.40 bits per heavy atom. The maximum absolute atomic E-state index is 12.9. The second kappa shape index (κ2) is 7.16. The number of benzene rings is 1. The molecule has 2 N–H and O–H groups in total. The van der Waals surface area contributed by atoms with Gasteiger partial charge >= 0.3 is 0 Å². The van der Waals surface area contributed by atoms with Gasteiger partial charge in [0, 0.05) is 19.1 Å².